The summed E-state index contributed by atoms with van der Waals surface area (Å²) >= 11 is 0. The summed E-state index contributed by atoms with van der Waals surface area (Å²) < 4.78 is 23.9. The molecule has 25 heavy (non-hydrogen) atoms. The standard InChI is InChI=1S/C20H22FNO3/c1-24-19-8-4-17(5-9-19)20(23)22-10-11-25-14-16(13-22)12-15-2-6-18(21)7-3-15/h2-9,16H,10-14H2,1H3. The summed E-state index contributed by atoms with van der Waals surface area (Å²) in [4.78, 5) is 14.6. The van der Waals surface area contributed by atoms with Crippen molar-refractivity contribution in [3.05, 3.63) is 65.5 Å². The maximum atomic E-state index is 13.1. The monoisotopic (exact) mass is 343 g/mol. The van der Waals surface area contributed by atoms with E-state index in [4.69, 9.17) is 9.47 Å². The first-order chi connectivity index (χ1) is 12.2. The number of halogens is 1. The van der Waals surface area contributed by atoms with Crippen molar-refractivity contribution in [1.82, 2.24) is 4.90 Å². The highest BCUT2D eigenvalue weighted by Gasteiger charge is 2.23. The summed E-state index contributed by atoms with van der Waals surface area (Å²) in [7, 11) is 1.60. The third kappa shape index (κ3) is 4.57. The van der Waals surface area contributed by atoms with Crippen molar-refractivity contribution in [2.45, 2.75) is 6.42 Å². The molecule has 1 amide bonds. The predicted molar refractivity (Wildman–Crippen MR) is 93.3 cm³/mol. The maximum absolute atomic E-state index is 13.1. The van der Waals surface area contributed by atoms with Gasteiger partial charge >= 0.3 is 0 Å². The lowest BCUT2D eigenvalue weighted by Gasteiger charge is -2.24. The van der Waals surface area contributed by atoms with Crippen LogP contribution >= 0.6 is 0 Å². The van der Waals surface area contributed by atoms with Gasteiger partial charge in [-0.25, -0.2) is 4.39 Å². The van der Waals surface area contributed by atoms with Crippen LogP contribution in [0.5, 0.6) is 5.75 Å². The van der Waals surface area contributed by atoms with E-state index in [1.54, 1.807) is 43.5 Å². The molecular weight excluding hydrogens is 321 g/mol. The van der Waals surface area contributed by atoms with E-state index in [1.165, 1.54) is 12.1 Å². The van der Waals surface area contributed by atoms with E-state index in [0.29, 0.717) is 31.9 Å². The van der Waals surface area contributed by atoms with Gasteiger partial charge in [0.1, 0.15) is 11.6 Å². The highest BCUT2D eigenvalue weighted by Crippen LogP contribution is 2.18. The number of carbonyl (C=O) groups is 1. The molecule has 0 saturated carbocycles. The van der Waals surface area contributed by atoms with Crippen LogP contribution in [0.25, 0.3) is 0 Å². The van der Waals surface area contributed by atoms with Crippen LogP contribution in [-0.2, 0) is 11.2 Å². The molecule has 0 aromatic heterocycles. The molecule has 3 rings (SSSR count). The summed E-state index contributed by atoms with van der Waals surface area (Å²) in [6, 6.07) is 13.6. The first kappa shape index (κ1) is 17.4. The first-order valence-electron chi connectivity index (χ1n) is 8.41. The Hall–Kier alpha value is -2.40. The molecule has 1 atom stereocenters. The van der Waals surface area contributed by atoms with Crippen molar-refractivity contribution in [2.75, 3.05) is 33.4 Å². The zero-order valence-corrected chi connectivity index (χ0v) is 14.3. The molecule has 1 saturated heterocycles. The molecule has 0 spiro atoms. The Bertz CT molecular complexity index is 700. The van der Waals surface area contributed by atoms with Gasteiger partial charge in [-0.1, -0.05) is 12.1 Å². The molecule has 2 aromatic rings. The van der Waals surface area contributed by atoms with Crippen LogP contribution in [-0.4, -0.2) is 44.2 Å². The van der Waals surface area contributed by atoms with Crippen molar-refractivity contribution < 1.29 is 18.7 Å². The van der Waals surface area contributed by atoms with Crippen LogP contribution in [0, 0.1) is 11.7 Å². The molecule has 1 unspecified atom stereocenters. The molecule has 0 bridgehead atoms. The Morgan fingerprint density at radius 3 is 2.60 bits per heavy atom. The Morgan fingerprint density at radius 2 is 1.92 bits per heavy atom. The number of methoxy groups -OCH3 is 1. The van der Waals surface area contributed by atoms with E-state index < -0.39 is 0 Å². The number of carbonyl (C=O) groups excluding carboxylic acids is 1. The Balaban J connectivity index is 1.67. The van der Waals surface area contributed by atoms with Gasteiger partial charge in [0.15, 0.2) is 0 Å². The molecule has 2 aromatic carbocycles. The molecule has 0 N–H and O–H groups in total. The average molecular weight is 343 g/mol. The SMILES string of the molecule is COc1ccc(C(=O)N2CCOCC(Cc3ccc(F)cc3)C2)cc1. The van der Waals surface area contributed by atoms with Crippen LogP contribution in [0.1, 0.15) is 15.9 Å². The second-order valence-corrected chi connectivity index (χ2v) is 6.25. The predicted octanol–water partition coefficient (Wildman–Crippen LogP) is 3.17. The van der Waals surface area contributed by atoms with Gasteiger partial charge in [-0.05, 0) is 48.4 Å². The smallest absolute Gasteiger partial charge is 0.253 e. The lowest BCUT2D eigenvalue weighted by molar-refractivity contribution is 0.0737. The quantitative estimate of drug-likeness (QED) is 0.856. The van der Waals surface area contributed by atoms with Gasteiger partial charge in [0.2, 0.25) is 0 Å². The van der Waals surface area contributed by atoms with E-state index in [9.17, 15) is 9.18 Å². The van der Waals surface area contributed by atoms with Gasteiger partial charge in [0.05, 0.1) is 20.3 Å². The van der Waals surface area contributed by atoms with Crippen molar-refractivity contribution >= 4 is 5.91 Å². The molecular formula is C20H22FNO3. The minimum absolute atomic E-state index is 0.00254. The molecule has 1 aliphatic rings. The molecule has 1 heterocycles. The van der Waals surface area contributed by atoms with Gasteiger partial charge in [-0.2, -0.15) is 0 Å². The summed E-state index contributed by atoms with van der Waals surface area (Å²) in [5, 5.41) is 0. The van der Waals surface area contributed by atoms with Crippen molar-refractivity contribution in [2.24, 2.45) is 5.92 Å². The van der Waals surface area contributed by atoms with Gasteiger partial charge < -0.3 is 14.4 Å². The summed E-state index contributed by atoms with van der Waals surface area (Å²) in [5.74, 6) is 0.675. The van der Waals surface area contributed by atoms with Crippen molar-refractivity contribution in [3.63, 3.8) is 0 Å². The first-order valence-corrected chi connectivity index (χ1v) is 8.41. The fraction of sp³-hybridized carbons (Fsp3) is 0.350. The Labute approximate surface area is 147 Å². The molecule has 1 fully saturated rings. The van der Waals surface area contributed by atoms with Crippen LogP contribution in [0.3, 0.4) is 0 Å². The molecule has 0 radical (unpaired) electrons. The van der Waals surface area contributed by atoms with Gasteiger partial charge in [-0.15, -0.1) is 0 Å². The number of nitrogens with zero attached hydrogens (tertiary/aromatic N) is 1. The summed E-state index contributed by atoms with van der Waals surface area (Å²) in [5.41, 5.74) is 1.69. The third-order valence-corrected chi connectivity index (χ3v) is 4.40. The number of hydrogen-bond acceptors (Lipinski definition) is 3. The maximum Gasteiger partial charge on any atom is 0.253 e. The van der Waals surface area contributed by atoms with E-state index in [0.717, 1.165) is 17.7 Å². The summed E-state index contributed by atoms with van der Waals surface area (Å²) in [6.07, 6.45) is 0.757. The minimum Gasteiger partial charge on any atom is -0.497 e. The van der Waals surface area contributed by atoms with Crippen molar-refractivity contribution in [1.29, 1.82) is 0 Å². The van der Waals surface area contributed by atoms with Gasteiger partial charge in [-0.3, -0.25) is 4.79 Å². The fourth-order valence-corrected chi connectivity index (χ4v) is 3.06. The van der Waals surface area contributed by atoms with Crippen molar-refractivity contribution in [3.8, 4) is 5.75 Å². The van der Waals surface area contributed by atoms with Crippen LogP contribution in [0.4, 0.5) is 4.39 Å². The van der Waals surface area contributed by atoms with Crippen LogP contribution in [0.15, 0.2) is 48.5 Å². The summed E-state index contributed by atoms with van der Waals surface area (Å²) in [6.45, 7) is 2.33. The van der Waals surface area contributed by atoms with E-state index in [-0.39, 0.29) is 17.6 Å². The minimum atomic E-state index is -0.239. The Morgan fingerprint density at radius 1 is 1.20 bits per heavy atom. The fourth-order valence-electron chi connectivity index (χ4n) is 3.06. The molecule has 4 nitrogen and oxygen atoms in total. The highest BCUT2D eigenvalue weighted by molar-refractivity contribution is 5.94. The second kappa shape index (κ2) is 8.12. The second-order valence-electron chi connectivity index (χ2n) is 6.25. The topological polar surface area (TPSA) is 38.8 Å². The normalized spacial score (nSPS) is 17.8. The number of benzene rings is 2. The molecule has 1 aliphatic heterocycles. The van der Waals surface area contributed by atoms with Crippen LogP contribution in [0.2, 0.25) is 0 Å². The van der Waals surface area contributed by atoms with E-state index >= 15 is 0 Å². The number of rotatable bonds is 4. The number of ether oxygens (including phenoxy) is 2. The molecule has 5 heteroatoms. The molecule has 132 valence electrons. The van der Waals surface area contributed by atoms with E-state index in [2.05, 4.69) is 0 Å². The van der Waals surface area contributed by atoms with Gasteiger partial charge in [0.25, 0.3) is 5.91 Å². The average Bonchev–Trinajstić information content (AvgIpc) is 2.89. The highest BCUT2D eigenvalue weighted by atomic mass is 19.1. The van der Waals surface area contributed by atoms with Gasteiger partial charge in [0, 0.05) is 24.6 Å². The van der Waals surface area contributed by atoms with E-state index in [1.807, 2.05) is 4.90 Å². The Kier molecular flexibility index (Phi) is 5.66. The lowest BCUT2D eigenvalue weighted by Crippen LogP contribution is -2.36. The van der Waals surface area contributed by atoms with Crippen LogP contribution < -0.4 is 4.74 Å². The third-order valence-electron chi connectivity index (χ3n) is 4.40. The molecule has 0 aliphatic carbocycles. The number of hydrogen-bond donors (Lipinski definition) is 0. The number of amides is 1. The lowest BCUT2D eigenvalue weighted by atomic mass is 9.99. The zero-order valence-electron chi connectivity index (χ0n) is 14.3. The zero-order chi connectivity index (χ0) is 17.6. The largest absolute Gasteiger partial charge is 0.497 e.